The zero-order valence-corrected chi connectivity index (χ0v) is 44.1. The van der Waals surface area contributed by atoms with Gasteiger partial charge in [0.05, 0.1) is 11.1 Å². The Morgan fingerprint density at radius 1 is 0.403 bits per heavy atom. The van der Waals surface area contributed by atoms with E-state index in [4.69, 9.17) is 0 Å². The summed E-state index contributed by atoms with van der Waals surface area (Å²) in [6, 6.07) is 0. The third-order valence-corrected chi connectivity index (χ3v) is 17.0. The molecule has 2 amide bonds. The van der Waals surface area contributed by atoms with E-state index in [2.05, 4.69) is 24.5 Å². The normalized spacial score (nSPS) is 15.2. The molecule has 2 N–H and O–H groups in total. The lowest BCUT2D eigenvalue weighted by Crippen LogP contribution is -2.48. The van der Waals surface area contributed by atoms with E-state index in [-0.39, 0.29) is 58.4 Å². The van der Waals surface area contributed by atoms with Crippen LogP contribution in [-0.2, 0) is 22.4 Å². The van der Waals surface area contributed by atoms with Gasteiger partial charge in [-0.3, -0.25) is 9.59 Å². The molecule has 1 aliphatic carbocycles. The number of alkyl halides is 6. The summed E-state index contributed by atoms with van der Waals surface area (Å²) in [6.45, 7) is 11.8. The Labute approximate surface area is 410 Å². The van der Waals surface area contributed by atoms with Gasteiger partial charge in [-0.25, -0.2) is 0 Å². The van der Waals surface area contributed by atoms with Crippen molar-refractivity contribution >= 4 is 45.6 Å². The Morgan fingerprint density at radius 3 is 0.925 bits per heavy atom. The molecule has 0 spiro atoms. The number of hydrogen-bond donors (Lipinski definition) is 2. The van der Waals surface area contributed by atoms with Crippen molar-refractivity contribution in [3.63, 3.8) is 0 Å². The first kappa shape index (κ1) is 59.0. The molecule has 0 aliphatic heterocycles. The first-order valence-corrected chi connectivity index (χ1v) is 28.3. The first-order chi connectivity index (χ1) is 32.0. The Balaban J connectivity index is 1.51. The molecule has 3 rings (SSSR count). The van der Waals surface area contributed by atoms with Crippen LogP contribution in [0.2, 0.25) is 0 Å². The summed E-state index contributed by atoms with van der Waals surface area (Å²) >= 11 is 1.59. The number of nitrogens with one attached hydrogen (secondary N) is 2. The highest BCUT2D eigenvalue weighted by atomic mass is 32.1. The molecule has 0 unspecified atom stereocenters. The number of amides is 2. The fraction of sp³-hybridized carbons (Fsp3) is 0.782. The smallest absolute Gasteiger partial charge is 0.356 e. The third-order valence-electron chi connectivity index (χ3n) is 14.1. The molecule has 67 heavy (non-hydrogen) atoms. The standard InChI is InChI=1S/C55H88F6N2O2S2/c1-7-9-11-13-15-17-19-21-23-25-27-29-31-33-39-62-47(64)37-35-45-41(3)43(5)51(66-45)49-50(54(58,59)55(60,61)53(49,56)57)52-44(6)42(4)46(67-52)36-38-48(65)63-40-34-32-30-28-26-24-22-20-18-16-14-12-10-8-2/h7-40H2,1-6H3,(H,62,64)(H,63,65). The molecule has 0 atom stereocenters. The van der Waals surface area contributed by atoms with Gasteiger partial charge >= 0.3 is 17.8 Å². The minimum absolute atomic E-state index is 0.0626. The maximum absolute atomic E-state index is 15.9. The van der Waals surface area contributed by atoms with Crippen molar-refractivity contribution in [1.82, 2.24) is 10.6 Å². The van der Waals surface area contributed by atoms with Crippen LogP contribution >= 0.6 is 22.7 Å². The molecule has 12 heteroatoms. The van der Waals surface area contributed by atoms with Gasteiger partial charge in [0.25, 0.3) is 0 Å². The molecular weight excluding hydrogens is 899 g/mol. The molecular formula is C55H88F6N2O2S2. The van der Waals surface area contributed by atoms with E-state index in [1.807, 2.05) is 0 Å². The summed E-state index contributed by atoms with van der Waals surface area (Å²) in [7, 11) is 0. The topological polar surface area (TPSA) is 58.2 Å². The van der Waals surface area contributed by atoms with Gasteiger partial charge in [0.1, 0.15) is 0 Å². The SMILES string of the molecule is CCCCCCCCCCCCCCCCNC(=O)CCc1sc(C2=C(c3sc(CCC(=O)NCCCCCCCCCCCCCCCC)c(C)c3C)C(F)(F)C(F)(F)C2(F)F)c(C)c1C. The number of unbranched alkanes of at least 4 members (excludes halogenated alkanes) is 26. The lowest BCUT2D eigenvalue weighted by atomic mass is 9.98. The van der Waals surface area contributed by atoms with Crippen LogP contribution in [0.25, 0.3) is 11.1 Å². The molecule has 0 aromatic carbocycles. The van der Waals surface area contributed by atoms with Gasteiger partial charge < -0.3 is 10.6 Å². The minimum atomic E-state index is -5.67. The molecule has 2 aromatic heterocycles. The van der Waals surface area contributed by atoms with Crippen molar-refractivity contribution < 1.29 is 35.9 Å². The fourth-order valence-electron chi connectivity index (χ4n) is 9.33. The van der Waals surface area contributed by atoms with Gasteiger partial charge in [-0.05, 0) is 75.6 Å². The number of thiophene rings is 2. The predicted octanol–water partition coefficient (Wildman–Crippen LogP) is 17.9. The van der Waals surface area contributed by atoms with Crippen LogP contribution in [0, 0.1) is 27.7 Å². The lowest BCUT2D eigenvalue weighted by molar-refractivity contribution is -0.254. The van der Waals surface area contributed by atoms with Gasteiger partial charge in [-0.1, -0.05) is 181 Å². The fourth-order valence-corrected chi connectivity index (χ4v) is 12.1. The highest BCUT2D eigenvalue weighted by molar-refractivity contribution is 7.14. The second-order valence-corrected chi connectivity index (χ2v) is 21.8. The summed E-state index contributed by atoms with van der Waals surface area (Å²) in [5.41, 5.74) is -1.18. The molecule has 2 heterocycles. The van der Waals surface area contributed by atoms with Crippen molar-refractivity contribution in [3.8, 4) is 0 Å². The molecule has 4 nitrogen and oxygen atoms in total. The molecule has 0 bridgehead atoms. The molecule has 1 aliphatic rings. The summed E-state index contributed by atoms with van der Waals surface area (Å²) in [5, 5.41) is 5.86. The maximum atomic E-state index is 15.9. The Kier molecular flexibility index (Phi) is 27.4. The quantitative estimate of drug-likeness (QED) is 0.0520. The van der Waals surface area contributed by atoms with Crippen LogP contribution in [0.15, 0.2) is 0 Å². The van der Waals surface area contributed by atoms with Crippen LogP contribution in [0.3, 0.4) is 0 Å². The number of carbonyl (C=O) groups excluding carboxylic acids is 2. The number of halogens is 6. The Bertz CT molecular complexity index is 1660. The minimum Gasteiger partial charge on any atom is -0.356 e. The first-order valence-electron chi connectivity index (χ1n) is 26.6. The van der Waals surface area contributed by atoms with Gasteiger partial charge in [0, 0.05) is 45.4 Å². The van der Waals surface area contributed by atoms with E-state index in [0.717, 1.165) is 61.2 Å². The third kappa shape index (κ3) is 18.1. The van der Waals surface area contributed by atoms with E-state index < -0.39 is 28.9 Å². The Hall–Kier alpha value is -2.34. The molecule has 0 saturated carbocycles. The van der Waals surface area contributed by atoms with E-state index in [1.165, 1.54) is 155 Å². The Morgan fingerprint density at radius 2 is 0.657 bits per heavy atom. The van der Waals surface area contributed by atoms with E-state index in [0.29, 0.717) is 34.0 Å². The summed E-state index contributed by atoms with van der Waals surface area (Å²) in [6.07, 6.45) is 35.1. The van der Waals surface area contributed by atoms with Crippen LogP contribution in [0.5, 0.6) is 0 Å². The average Bonchev–Trinajstić information content (AvgIpc) is 3.77. The van der Waals surface area contributed by atoms with Crippen LogP contribution in [-0.4, -0.2) is 42.7 Å². The number of hydrogen-bond acceptors (Lipinski definition) is 4. The van der Waals surface area contributed by atoms with Crippen molar-refractivity contribution in [3.05, 3.63) is 41.8 Å². The number of aryl methyl sites for hydroxylation is 2. The maximum Gasteiger partial charge on any atom is 0.380 e. The van der Waals surface area contributed by atoms with E-state index in [1.54, 1.807) is 13.8 Å². The van der Waals surface area contributed by atoms with Gasteiger partial charge in [0.2, 0.25) is 11.8 Å². The van der Waals surface area contributed by atoms with Crippen molar-refractivity contribution in [1.29, 1.82) is 0 Å². The van der Waals surface area contributed by atoms with Crippen molar-refractivity contribution in [2.45, 2.75) is 265 Å². The van der Waals surface area contributed by atoms with Gasteiger partial charge in [-0.15, -0.1) is 22.7 Å². The van der Waals surface area contributed by atoms with E-state index in [9.17, 15) is 9.59 Å². The van der Waals surface area contributed by atoms with Gasteiger partial charge in [0.15, 0.2) is 0 Å². The van der Waals surface area contributed by atoms with Crippen molar-refractivity contribution in [2.75, 3.05) is 13.1 Å². The van der Waals surface area contributed by atoms with Crippen molar-refractivity contribution in [2.24, 2.45) is 0 Å². The van der Waals surface area contributed by atoms with Crippen LogP contribution in [0.4, 0.5) is 26.3 Å². The summed E-state index contributed by atoms with van der Waals surface area (Å²) in [4.78, 5) is 26.0. The highest BCUT2D eigenvalue weighted by Gasteiger charge is 2.80. The molecule has 384 valence electrons. The van der Waals surface area contributed by atoms with Gasteiger partial charge in [-0.2, -0.15) is 26.3 Å². The predicted molar refractivity (Wildman–Crippen MR) is 273 cm³/mol. The highest BCUT2D eigenvalue weighted by Crippen LogP contribution is 2.66. The van der Waals surface area contributed by atoms with Crippen LogP contribution < -0.4 is 10.6 Å². The monoisotopic (exact) mass is 987 g/mol. The zero-order valence-electron chi connectivity index (χ0n) is 42.4. The molecule has 0 fully saturated rings. The zero-order chi connectivity index (χ0) is 49.3. The second-order valence-electron chi connectivity index (χ2n) is 19.6. The average molecular weight is 987 g/mol. The number of carbonyl (C=O) groups is 2. The summed E-state index contributed by atoms with van der Waals surface area (Å²) < 4.78 is 94.6. The molecule has 0 radical (unpaired) electrons. The van der Waals surface area contributed by atoms with Crippen LogP contribution in [0.1, 0.15) is 248 Å². The second kappa shape index (κ2) is 31.1. The largest absolute Gasteiger partial charge is 0.380 e. The summed E-state index contributed by atoms with van der Waals surface area (Å²) in [5.74, 6) is -16.4. The van der Waals surface area contributed by atoms with E-state index >= 15 is 26.3 Å². The molecule has 0 saturated heterocycles. The number of rotatable bonds is 38. The number of allylic oxidation sites excluding steroid dienone is 2. The lowest BCUT2D eigenvalue weighted by Gasteiger charge is -2.25. The molecule has 2 aromatic rings.